The molecule has 0 N–H and O–H groups in total. The highest BCUT2D eigenvalue weighted by Gasteiger charge is 2.33. The van der Waals surface area contributed by atoms with Gasteiger partial charge >= 0.3 is 0 Å². The van der Waals surface area contributed by atoms with Gasteiger partial charge in [-0.3, -0.25) is 14.2 Å². The van der Waals surface area contributed by atoms with Crippen molar-refractivity contribution in [2.75, 3.05) is 7.11 Å². The first-order valence-electron chi connectivity index (χ1n) is 13.7. The predicted molar refractivity (Wildman–Crippen MR) is 167 cm³/mol. The number of aromatic nitrogens is 1. The average molecular weight is 586 g/mol. The molecule has 7 nitrogen and oxygen atoms in total. The van der Waals surface area contributed by atoms with Gasteiger partial charge in [-0.15, -0.1) is 0 Å². The first-order chi connectivity index (χ1) is 20.9. The maximum atomic E-state index is 14.1. The van der Waals surface area contributed by atoms with E-state index in [9.17, 15) is 14.9 Å². The van der Waals surface area contributed by atoms with Crippen LogP contribution in [0.5, 0.6) is 11.5 Å². The van der Waals surface area contributed by atoms with E-state index >= 15 is 0 Å². The third kappa shape index (κ3) is 5.16. The molecule has 0 bridgehead atoms. The van der Waals surface area contributed by atoms with E-state index in [0.717, 1.165) is 27.5 Å². The normalized spacial score (nSPS) is 14.7. The van der Waals surface area contributed by atoms with Gasteiger partial charge in [0.2, 0.25) is 0 Å². The molecule has 1 aromatic heterocycles. The molecule has 6 rings (SSSR count). The number of ketones is 1. The molecule has 1 atom stereocenters. The van der Waals surface area contributed by atoms with Crippen molar-refractivity contribution in [1.82, 2.24) is 4.57 Å². The maximum absolute atomic E-state index is 14.1. The molecule has 1 aliphatic heterocycles. The number of methoxy groups -OCH3 is 1. The summed E-state index contributed by atoms with van der Waals surface area (Å²) in [5, 5.41) is 11.2. The molecule has 212 valence electrons. The van der Waals surface area contributed by atoms with E-state index < -0.39 is 6.04 Å². The smallest absolute Gasteiger partial charge is 0.271 e. The van der Waals surface area contributed by atoms with E-state index in [1.165, 1.54) is 18.3 Å². The first kappa shape index (κ1) is 27.9. The van der Waals surface area contributed by atoms with Gasteiger partial charge in [0.05, 0.1) is 29.3 Å². The van der Waals surface area contributed by atoms with Crippen LogP contribution in [0.3, 0.4) is 0 Å². The standard InChI is InChI=1S/C35H27N3O4S/c1-21-31(22(2)39)33(32-28-11-7-6-8-24(28)14-17-29(32)41-3)38-34(40)30(43-35(38)37-21)18-23-12-15-27(16-13-23)42-20-26-10-5-4-9-25(26)19-36/h4-18,33H,20H2,1-3H3/t33-/m1/s1. The van der Waals surface area contributed by atoms with Crippen molar-refractivity contribution in [3.05, 3.63) is 138 Å². The lowest BCUT2D eigenvalue weighted by Crippen LogP contribution is -2.39. The minimum absolute atomic E-state index is 0.150. The minimum Gasteiger partial charge on any atom is -0.496 e. The van der Waals surface area contributed by atoms with E-state index in [-0.39, 0.29) is 17.9 Å². The van der Waals surface area contributed by atoms with Gasteiger partial charge in [-0.2, -0.15) is 5.26 Å². The molecule has 0 spiro atoms. The number of benzene rings is 4. The number of carbonyl (C=O) groups excluding carboxylic acids is 1. The highest BCUT2D eigenvalue weighted by molar-refractivity contribution is 7.07. The molecule has 43 heavy (non-hydrogen) atoms. The van der Waals surface area contributed by atoms with Crippen LogP contribution in [0.15, 0.2) is 106 Å². The topological polar surface area (TPSA) is 93.7 Å². The second-order valence-corrected chi connectivity index (χ2v) is 11.2. The minimum atomic E-state index is -0.691. The van der Waals surface area contributed by atoms with Crippen LogP contribution in [0.4, 0.5) is 0 Å². The average Bonchev–Trinajstić information content (AvgIpc) is 3.33. The highest BCUT2D eigenvalue weighted by atomic mass is 32.1. The fourth-order valence-electron chi connectivity index (χ4n) is 5.51. The van der Waals surface area contributed by atoms with Crippen LogP contribution in [0.2, 0.25) is 0 Å². The number of nitriles is 1. The molecule has 2 heterocycles. The molecule has 8 heteroatoms. The van der Waals surface area contributed by atoms with Crippen LogP contribution in [-0.2, 0) is 11.4 Å². The first-order valence-corrected chi connectivity index (χ1v) is 14.5. The van der Waals surface area contributed by atoms with Gasteiger partial charge < -0.3 is 9.47 Å². The molecule has 0 radical (unpaired) electrons. The summed E-state index contributed by atoms with van der Waals surface area (Å²) >= 11 is 1.29. The largest absolute Gasteiger partial charge is 0.496 e. The lowest BCUT2D eigenvalue weighted by molar-refractivity contribution is -0.114. The SMILES string of the molecule is COc1ccc2ccccc2c1[C@H]1C(C(C)=O)=C(C)N=c2sc(=Cc3ccc(OCc4ccccc4C#N)cc3)c(=O)n21. The fourth-order valence-corrected chi connectivity index (χ4v) is 6.55. The third-order valence-electron chi connectivity index (χ3n) is 7.54. The molecular weight excluding hydrogens is 558 g/mol. The Bertz CT molecular complexity index is 2150. The summed E-state index contributed by atoms with van der Waals surface area (Å²) in [5.74, 6) is 1.10. The van der Waals surface area contributed by atoms with E-state index in [1.807, 2.05) is 91.9 Å². The van der Waals surface area contributed by atoms with Gasteiger partial charge in [0.15, 0.2) is 10.6 Å². The van der Waals surface area contributed by atoms with Crippen molar-refractivity contribution in [2.45, 2.75) is 26.5 Å². The summed E-state index contributed by atoms with van der Waals surface area (Å²) in [7, 11) is 1.59. The Hall–Kier alpha value is -5.26. The number of carbonyl (C=O) groups is 1. The molecule has 0 unspecified atom stereocenters. The Morgan fingerprint density at radius 3 is 2.53 bits per heavy atom. The highest BCUT2D eigenvalue weighted by Crippen LogP contribution is 2.40. The van der Waals surface area contributed by atoms with E-state index in [2.05, 4.69) is 6.07 Å². The van der Waals surface area contributed by atoms with E-state index in [0.29, 0.717) is 37.7 Å². The Morgan fingerprint density at radius 2 is 1.79 bits per heavy atom. The molecule has 0 fully saturated rings. The van der Waals surface area contributed by atoms with Crippen molar-refractivity contribution >= 4 is 34.0 Å². The maximum Gasteiger partial charge on any atom is 0.271 e. The van der Waals surface area contributed by atoms with Crippen LogP contribution < -0.4 is 24.4 Å². The number of rotatable bonds is 7. The van der Waals surface area contributed by atoms with Crippen LogP contribution >= 0.6 is 11.3 Å². The summed E-state index contributed by atoms with van der Waals surface area (Å²) in [6.45, 7) is 3.60. The van der Waals surface area contributed by atoms with Gasteiger partial charge in [-0.1, -0.05) is 72.0 Å². The second kappa shape index (κ2) is 11.6. The van der Waals surface area contributed by atoms with Crippen LogP contribution in [0.1, 0.15) is 42.1 Å². The number of allylic oxidation sites excluding steroid dienone is 2. The Balaban J connectivity index is 1.42. The number of ether oxygens (including phenoxy) is 2. The quantitative estimate of drug-likeness (QED) is 0.254. The third-order valence-corrected chi connectivity index (χ3v) is 8.52. The van der Waals surface area contributed by atoms with Crippen LogP contribution in [0.25, 0.3) is 16.8 Å². The van der Waals surface area contributed by atoms with Crippen LogP contribution in [-0.4, -0.2) is 17.5 Å². The van der Waals surface area contributed by atoms with Gasteiger partial charge in [-0.25, -0.2) is 4.99 Å². The Labute approximate surface area is 251 Å². The van der Waals surface area contributed by atoms with Crippen molar-refractivity contribution in [2.24, 2.45) is 4.99 Å². The fraction of sp³-hybridized carbons (Fsp3) is 0.143. The molecule has 4 aromatic carbocycles. The van der Waals surface area contributed by atoms with Crippen molar-refractivity contribution in [3.63, 3.8) is 0 Å². The molecule has 1 aliphatic rings. The zero-order valence-electron chi connectivity index (χ0n) is 23.8. The van der Waals surface area contributed by atoms with Crippen LogP contribution in [0, 0.1) is 11.3 Å². The number of thiazole rings is 1. The summed E-state index contributed by atoms with van der Waals surface area (Å²) in [4.78, 5) is 32.3. The van der Waals surface area contributed by atoms with Crippen molar-refractivity contribution < 1.29 is 14.3 Å². The number of fused-ring (bicyclic) bond motifs is 2. The van der Waals surface area contributed by atoms with Gasteiger partial charge in [0.1, 0.15) is 18.1 Å². The molecule has 0 amide bonds. The number of nitrogens with zero attached hydrogens (tertiary/aromatic N) is 3. The molecule has 0 aliphatic carbocycles. The lowest BCUT2D eigenvalue weighted by atomic mass is 9.89. The van der Waals surface area contributed by atoms with Gasteiger partial charge in [0.25, 0.3) is 5.56 Å². The van der Waals surface area contributed by atoms with Crippen molar-refractivity contribution in [3.8, 4) is 17.6 Å². The van der Waals surface area contributed by atoms with E-state index in [4.69, 9.17) is 14.5 Å². The van der Waals surface area contributed by atoms with Crippen molar-refractivity contribution in [1.29, 1.82) is 5.26 Å². The zero-order chi connectivity index (χ0) is 30.1. The summed E-state index contributed by atoms with van der Waals surface area (Å²) in [6, 6.07) is 28.0. The number of Topliss-reactive ketones (excluding diaryl/α,β-unsaturated/α-hetero) is 1. The summed E-state index contributed by atoms with van der Waals surface area (Å²) in [6.07, 6.45) is 1.82. The lowest BCUT2D eigenvalue weighted by Gasteiger charge is -2.27. The molecule has 0 saturated carbocycles. The number of hydrogen-bond donors (Lipinski definition) is 0. The monoisotopic (exact) mass is 585 g/mol. The zero-order valence-corrected chi connectivity index (χ0v) is 24.6. The van der Waals surface area contributed by atoms with Gasteiger partial charge in [0, 0.05) is 22.4 Å². The number of hydrogen-bond acceptors (Lipinski definition) is 7. The molecular formula is C35H27N3O4S. The molecule has 0 saturated heterocycles. The van der Waals surface area contributed by atoms with E-state index in [1.54, 1.807) is 17.7 Å². The Kier molecular flexibility index (Phi) is 7.49. The summed E-state index contributed by atoms with van der Waals surface area (Å²) < 4.78 is 13.8. The Morgan fingerprint density at radius 1 is 1.05 bits per heavy atom. The van der Waals surface area contributed by atoms with Gasteiger partial charge in [-0.05, 0) is 60.5 Å². The second-order valence-electron chi connectivity index (χ2n) is 10.2. The predicted octanol–water partition coefficient (Wildman–Crippen LogP) is 5.44. The molecule has 5 aromatic rings. The summed E-state index contributed by atoms with van der Waals surface area (Å²) in [5.41, 5.74) is 3.78.